The number of aromatic nitrogens is 1. The highest BCUT2D eigenvalue weighted by Crippen LogP contribution is 2.27. The maximum Gasteiger partial charge on any atom is 0.257 e. The van der Waals surface area contributed by atoms with Crippen LogP contribution in [0.5, 0.6) is 5.75 Å². The Morgan fingerprint density at radius 2 is 2.04 bits per heavy atom. The van der Waals surface area contributed by atoms with Gasteiger partial charge in [-0.1, -0.05) is 35.3 Å². The minimum absolute atomic E-state index is 0.0960. The molecular weight excluding hydrogens is 379 g/mol. The summed E-state index contributed by atoms with van der Waals surface area (Å²) < 4.78 is 6.58. The second-order valence-corrected chi connectivity index (χ2v) is 7.35. The topological polar surface area (TPSA) is 51.2 Å². The summed E-state index contributed by atoms with van der Waals surface area (Å²) in [6.07, 6.45) is 1.66. The van der Waals surface area contributed by atoms with Crippen molar-refractivity contribution in [3.05, 3.63) is 57.5 Å². The van der Waals surface area contributed by atoms with Crippen LogP contribution in [-0.2, 0) is 11.2 Å². The Morgan fingerprint density at radius 3 is 2.88 bits per heavy atom. The summed E-state index contributed by atoms with van der Waals surface area (Å²) in [5.74, 6) is 0.208. The van der Waals surface area contributed by atoms with E-state index < -0.39 is 0 Å². The van der Waals surface area contributed by atoms with Gasteiger partial charge in [-0.15, -0.1) is 11.3 Å². The third-order valence-corrected chi connectivity index (χ3v) is 5.12. The lowest BCUT2D eigenvalue weighted by atomic mass is 10.3. The molecule has 0 aliphatic rings. The van der Waals surface area contributed by atoms with E-state index in [1.165, 1.54) is 4.70 Å². The first-order chi connectivity index (χ1) is 12.1. The van der Waals surface area contributed by atoms with Crippen LogP contribution in [0.4, 0.5) is 0 Å². The van der Waals surface area contributed by atoms with Crippen LogP contribution in [0, 0.1) is 0 Å². The van der Waals surface area contributed by atoms with E-state index in [0.717, 1.165) is 23.4 Å². The third-order valence-electron chi connectivity index (χ3n) is 3.48. The van der Waals surface area contributed by atoms with Crippen molar-refractivity contribution in [2.45, 2.75) is 12.8 Å². The van der Waals surface area contributed by atoms with E-state index >= 15 is 0 Å². The number of halogens is 2. The first kappa shape index (κ1) is 18.0. The van der Waals surface area contributed by atoms with Crippen molar-refractivity contribution in [3.8, 4) is 5.75 Å². The highest BCUT2D eigenvalue weighted by Gasteiger charge is 2.07. The van der Waals surface area contributed by atoms with E-state index in [1.807, 2.05) is 18.2 Å². The SMILES string of the molecule is O=C(COc1cc(Cl)ccc1Cl)NCCCc1nc2ccccc2s1. The number of thiazole rings is 1. The monoisotopic (exact) mass is 394 g/mol. The first-order valence-corrected chi connectivity index (χ1v) is 9.38. The molecule has 130 valence electrons. The summed E-state index contributed by atoms with van der Waals surface area (Å²) in [5, 5.41) is 4.84. The number of ether oxygens (including phenoxy) is 1. The van der Waals surface area contributed by atoms with Crippen LogP contribution in [0.3, 0.4) is 0 Å². The van der Waals surface area contributed by atoms with Crippen LogP contribution < -0.4 is 10.1 Å². The minimum Gasteiger partial charge on any atom is -0.482 e. The summed E-state index contributed by atoms with van der Waals surface area (Å²) in [6, 6.07) is 13.0. The second-order valence-electron chi connectivity index (χ2n) is 5.39. The van der Waals surface area contributed by atoms with Crippen LogP contribution in [0.15, 0.2) is 42.5 Å². The Labute approximate surface area is 159 Å². The Hall–Kier alpha value is -1.82. The molecule has 4 nitrogen and oxygen atoms in total. The quantitative estimate of drug-likeness (QED) is 0.589. The highest BCUT2D eigenvalue weighted by molar-refractivity contribution is 7.18. The van der Waals surface area contributed by atoms with Crippen molar-refractivity contribution in [1.29, 1.82) is 0 Å². The van der Waals surface area contributed by atoms with Gasteiger partial charge >= 0.3 is 0 Å². The van der Waals surface area contributed by atoms with E-state index in [0.29, 0.717) is 22.3 Å². The van der Waals surface area contributed by atoms with Crippen molar-refractivity contribution < 1.29 is 9.53 Å². The summed E-state index contributed by atoms with van der Waals surface area (Å²) in [7, 11) is 0. The molecule has 0 spiro atoms. The van der Waals surface area contributed by atoms with Crippen LogP contribution in [0.25, 0.3) is 10.2 Å². The van der Waals surface area contributed by atoms with Gasteiger partial charge in [0.1, 0.15) is 5.75 Å². The van der Waals surface area contributed by atoms with Crippen molar-refractivity contribution in [1.82, 2.24) is 10.3 Å². The van der Waals surface area contributed by atoms with Gasteiger partial charge in [0, 0.05) is 24.1 Å². The van der Waals surface area contributed by atoms with Crippen LogP contribution in [0.1, 0.15) is 11.4 Å². The predicted octanol–water partition coefficient (Wildman–Crippen LogP) is 4.73. The maximum atomic E-state index is 11.8. The molecule has 0 bridgehead atoms. The molecule has 2 aromatic carbocycles. The fourth-order valence-corrected chi connectivity index (χ4v) is 3.62. The van der Waals surface area contributed by atoms with E-state index in [9.17, 15) is 4.79 Å². The molecule has 0 radical (unpaired) electrons. The number of benzene rings is 2. The molecule has 3 aromatic rings. The van der Waals surface area contributed by atoms with Crippen LogP contribution in [-0.4, -0.2) is 24.0 Å². The number of fused-ring (bicyclic) bond motifs is 1. The zero-order valence-corrected chi connectivity index (χ0v) is 15.6. The van der Waals surface area contributed by atoms with Crippen LogP contribution in [0.2, 0.25) is 10.0 Å². The average Bonchev–Trinajstić information content (AvgIpc) is 3.02. The number of amides is 1. The van der Waals surface area contributed by atoms with E-state index in [4.69, 9.17) is 27.9 Å². The van der Waals surface area contributed by atoms with Crippen LogP contribution >= 0.6 is 34.5 Å². The van der Waals surface area contributed by atoms with Crippen molar-refractivity contribution in [2.75, 3.05) is 13.2 Å². The van der Waals surface area contributed by atoms with Gasteiger partial charge in [0.2, 0.25) is 0 Å². The fourth-order valence-electron chi connectivity index (χ4n) is 2.28. The number of aryl methyl sites for hydroxylation is 1. The van der Waals surface area contributed by atoms with Crippen molar-refractivity contribution in [2.24, 2.45) is 0 Å². The molecule has 0 saturated carbocycles. The highest BCUT2D eigenvalue weighted by atomic mass is 35.5. The number of carbonyl (C=O) groups is 1. The Kier molecular flexibility index (Phi) is 6.13. The lowest BCUT2D eigenvalue weighted by Gasteiger charge is -2.08. The number of para-hydroxylation sites is 1. The maximum absolute atomic E-state index is 11.8. The summed E-state index contributed by atoms with van der Waals surface area (Å²) in [6.45, 7) is 0.475. The van der Waals surface area contributed by atoms with E-state index in [1.54, 1.807) is 29.5 Å². The molecule has 0 aliphatic heterocycles. The van der Waals surface area contributed by atoms with E-state index in [2.05, 4.69) is 16.4 Å². The zero-order valence-electron chi connectivity index (χ0n) is 13.3. The van der Waals surface area contributed by atoms with E-state index in [-0.39, 0.29) is 12.5 Å². The van der Waals surface area contributed by atoms with Gasteiger partial charge in [-0.05, 0) is 30.7 Å². The number of hydrogen-bond donors (Lipinski definition) is 1. The summed E-state index contributed by atoms with van der Waals surface area (Å²) in [4.78, 5) is 16.4. The van der Waals surface area contributed by atoms with Crippen molar-refractivity contribution >= 4 is 50.7 Å². The molecule has 0 atom stereocenters. The molecule has 7 heteroatoms. The molecule has 1 aromatic heterocycles. The predicted molar refractivity (Wildman–Crippen MR) is 103 cm³/mol. The molecule has 1 amide bonds. The Morgan fingerprint density at radius 1 is 1.20 bits per heavy atom. The lowest BCUT2D eigenvalue weighted by Crippen LogP contribution is -2.29. The molecule has 0 aliphatic carbocycles. The molecule has 0 saturated heterocycles. The molecule has 0 unspecified atom stereocenters. The lowest BCUT2D eigenvalue weighted by molar-refractivity contribution is -0.123. The Balaban J connectivity index is 1.39. The summed E-state index contributed by atoms with van der Waals surface area (Å²) in [5.41, 5.74) is 1.03. The molecule has 1 N–H and O–H groups in total. The fraction of sp³-hybridized carbons (Fsp3) is 0.222. The van der Waals surface area contributed by atoms with Gasteiger partial charge in [0.25, 0.3) is 5.91 Å². The third kappa shape index (κ3) is 5.08. The van der Waals surface area contributed by atoms with Gasteiger partial charge in [0.15, 0.2) is 6.61 Å². The largest absolute Gasteiger partial charge is 0.482 e. The molecule has 0 fully saturated rings. The van der Waals surface area contributed by atoms with Gasteiger partial charge < -0.3 is 10.1 Å². The number of carbonyl (C=O) groups excluding carboxylic acids is 1. The standard InChI is InChI=1S/C18H16Cl2N2O2S/c19-12-7-8-13(20)15(10-12)24-11-17(23)21-9-3-6-18-22-14-4-1-2-5-16(14)25-18/h1-2,4-5,7-8,10H,3,6,9,11H2,(H,21,23). The number of rotatable bonds is 7. The van der Waals surface area contributed by atoms with Crippen molar-refractivity contribution in [3.63, 3.8) is 0 Å². The average molecular weight is 395 g/mol. The minimum atomic E-state index is -0.194. The molecule has 1 heterocycles. The second kappa shape index (κ2) is 8.52. The summed E-state index contributed by atoms with van der Waals surface area (Å²) >= 11 is 13.6. The van der Waals surface area contributed by atoms with Gasteiger partial charge in [-0.3, -0.25) is 4.79 Å². The molecule has 25 heavy (non-hydrogen) atoms. The van der Waals surface area contributed by atoms with Gasteiger partial charge in [-0.25, -0.2) is 4.98 Å². The Bertz CT molecular complexity index is 849. The van der Waals surface area contributed by atoms with Gasteiger partial charge in [0.05, 0.1) is 20.2 Å². The first-order valence-electron chi connectivity index (χ1n) is 7.81. The molecular formula is C18H16Cl2N2O2S. The smallest absolute Gasteiger partial charge is 0.257 e. The number of nitrogens with one attached hydrogen (secondary N) is 1. The normalized spacial score (nSPS) is 10.8. The number of hydrogen-bond acceptors (Lipinski definition) is 4. The van der Waals surface area contributed by atoms with Gasteiger partial charge in [-0.2, -0.15) is 0 Å². The molecule has 3 rings (SSSR count). The number of nitrogens with zero attached hydrogens (tertiary/aromatic N) is 1. The zero-order chi connectivity index (χ0) is 17.6.